The minimum absolute atomic E-state index is 0.0278. The number of carbonyl (C=O) groups excluding carboxylic acids is 2. The molecule has 0 aromatic carbocycles. The van der Waals surface area contributed by atoms with Gasteiger partial charge in [-0.15, -0.1) is 11.3 Å². The number of amides is 2. The maximum atomic E-state index is 13.4. The standard InChI is InChI=1S/C21H23N5O4S/c1-24-15(4-6-23-24)20(27)26-9-12-30-16(13-26)17-14-3-2-5-22-19(14)31-18(17)21(28)25-7-10-29-11-8-25/h2-6,16H,7-13H2,1H3/t16-/m0/s1. The van der Waals surface area contributed by atoms with Gasteiger partial charge in [-0.05, 0) is 12.1 Å². The number of aromatic nitrogens is 3. The van der Waals surface area contributed by atoms with E-state index in [0.29, 0.717) is 56.6 Å². The van der Waals surface area contributed by atoms with Crippen molar-refractivity contribution >= 4 is 33.4 Å². The van der Waals surface area contributed by atoms with Crippen LogP contribution in [0.3, 0.4) is 0 Å². The Hall–Kier alpha value is -2.82. The van der Waals surface area contributed by atoms with E-state index in [1.165, 1.54) is 11.3 Å². The van der Waals surface area contributed by atoms with Gasteiger partial charge >= 0.3 is 0 Å². The van der Waals surface area contributed by atoms with Gasteiger partial charge in [-0.3, -0.25) is 14.3 Å². The Balaban J connectivity index is 1.49. The number of nitrogens with zero attached hydrogens (tertiary/aromatic N) is 5. The van der Waals surface area contributed by atoms with Crippen LogP contribution < -0.4 is 0 Å². The summed E-state index contributed by atoms with van der Waals surface area (Å²) in [6, 6.07) is 5.54. The van der Waals surface area contributed by atoms with E-state index in [1.807, 2.05) is 17.0 Å². The van der Waals surface area contributed by atoms with Crippen LogP contribution in [0.5, 0.6) is 0 Å². The normalized spacial score (nSPS) is 19.7. The molecule has 0 N–H and O–H groups in total. The molecule has 3 aromatic heterocycles. The number of carbonyl (C=O) groups is 2. The molecule has 5 heterocycles. The van der Waals surface area contributed by atoms with E-state index < -0.39 is 6.10 Å². The highest BCUT2D eigenvalue weighted by atomic mass is 32.1. The molecule has 5 rings (SSSR count). The van der Waals surface area contributed by atoms with E-state index >= 15 is 0 Å². The second-order valence-electron chi connectivity index (χ2n) is 7.56. The maximum Gasteiger partial charge on any atom is 0.272 e. The van der Waals surface area contributed by atoms with Crippen molar-refractivity contribution in [3.05, 3.63) is 46.7 Å². The fraction of sp³-hybridized carbons (Fsp3) is 0.429. The predicted octanol–water partition coefficient (Wildman–Crippen LogP) is 1.72. The van der Waals surface area contributed by atoms with Gasteiger partial charge in [0.25, 0.3) is 11.8 Å². The summed E-state index contributed by atoms with van der Waals surface area (Å²) in [7, 11) is 1.75. The molecule has 2 saturated heterocycles. The number of morpholine rings is 2. The van der Waals surface area contributed by atoms with Gasteiger partial charge in [0.05, 0.1) is 26.4 Å². The molecule has 1 atom stereocenters. The number of hydrogen-bond donors (Lipinski definition) is 0. The zero-order valence-corrected chi connectivity index (χ0v) is 18.0. The average molecular weight is 442 g/mol. The molecule has 162 valence electrons. The van der Waals surface area contributed by atoms with Crippen LogP contribution in [-0.2, 0) is 16.5 Å². The van der Waals surface area contributed by atoms with Crippen molar-refractivity contribution in [2.75, 3.05) is 46.0 Å². The molecule has 2 amide bonds. The Morgan fingerprint density at radius 3 is 2.65 bits per heavy atom. The summed E-state index contributed by atoms with van der Waals surface area (Å²) < 4.78 is 13.1. The van der Waals surface area contributed by atoms with Gasteiger partial charge < -0.3 is 19.3 Å². The maximum absolute atomic E-state index is 13.4. The Bertz CT molecular complexity index is 1120. The van der Waals surface area contributed by atoms with Crippen molar-refractivity contribution in [1.29, 1.82) is 0 Å². The summed E-state index contributed by atoms with van der Waals surface area (Å²) in [4.78, 5) is 35.9. The lowest BCUT2D eigenvalue weighted by atomic mass is 10.0. The molecule has 31 heavy (non-hydrogen) atoms. The quantitative estimate of drug-likeness (QED) is 0.615. The van der Waals surface area contributed by atoms with Gasteiger partial charge in [0.2, 0.25) is 0 Å². The first-order valence-electron chi connectivity index (χ1n) is 10.3. The molecule has 9 nitrogen and oxygen atoms in total. The van der Waals surface area contributed by atoms with E-state index in [1.54, 1.807) is 35.1 Å². The molecule has 0 spiro atoms. The third-order valence-corrected chi connectivity index (χ3v) is 6.83. The SMILES string of the molecule is Cn1nccc1C(=O)N1CCO[C@H](c2c(C(=O)N3CCOCC3)sc3ncccc23)C1. The summed E-state index contributed by atoms with van der Waals surface area (Å²) in [6.07, 6.45) is 2.94. The molecule has 0 bridgehead atoms. The number of aryl methyl sites for hydroxylation is 1. The first kappa shape index (κ1) is 20.1. The van der Waals surface area contributed by atoms with E-state index in [-0.39, 0.29) is 11.8 Å². The summed E-state index contributed by atoms with van der Waals surface area (Å²) >= 11 is 1.39. The Morgan fingerprint density at radius 1 is 1.06 bits per heavy atom. The fourth-order valence-corrected chi connectivity index (χ4v) is 5.26. The topological polar surface area (TPSA) is 89.8 Å². The van der Waals surface area contributed by atoms with Gasteiger partial charge in [-0.25, -0.2) is 4.98 Å². The molecule has 2 aliphatic heterocycles. The van der Waals surface area contributed by atoms with Crippen LogP contribution in [-0.4, -0.2) is 82.4 Å². The highest BCUT2D eigenvalue weighted by Gasteiger charge is 2.34. The van der Waals surface area contributed by atoms with Gasteiger partial charge in [-0.2, -0.15) is 5.10 Å². The van der Waals surface area contributed by atoms with E-state index in [4.69, 9.17) is 9.47 Å². The lowest BCUT2D eigenvalue weighted by Gasteiger charge is -2.34. The zero-order valence-electron chi connectivity index (χ0n) is 17.2. The summed E-state index contributed by atoms with van der Waals surface area (Å²) in [5.41, 5.74) is 1.36. The molecular formula is C21H23N5O4S. The largest absolute Gasteiger partial charge is 0.378 e. The Kier molecular flexibility index (Phi) is 5.43. The number of pyridine rings is 1. The van der Waals surface area contributed by atoms with Crippen molar-refractivity contribution in [1.82, 2.24) is 24.6 Å². The van der Waals surface area contributed by atoms with E-state index in [2.05, 4.69) is 10.1 Å². The Labute approximate surface area is 183 Å². The molecule has 0 unspecified atom stereocenters. The monoisotopic (exact) mass is 441 g/mol. The van der Waals surface area contributed by atoms with Crippen LogP contribution in [0.15, 0.2) is 30.6 Å². The predicted molar refractivity (Wildman–Crippen MR) is 114 cm³/mol. The van der Waals surface area contributed by atoms with Gasteiger partial charge in [0, 0.05) is 50.0 Å². The molecule has 10 heteroatoms. The van der Waals surface area contributed by atoms with Crippen LogP contribution in [0, 0.1) is 0 Å². The second-order valence-corrected chi connectivity index (χ2v) is 8.56. The number of rotatable bonds is 3. The third kappa shape index (κ3) is 3.71. The van der Waals surface area contributed by atoms with Crippen LogP contribution in [0.25, 0.3) is 10.2 Å². The summed E-state index contributed by atoms with van der Waals surface area (Å²) in [5, 5.41) is 5.01. The molecule has 3 aromatic rings. The van der Waals surface area contributed by atoms with Gasteiger partial charge in [0.1, 0.15) is 21.5 Å². The van der Waals surface area contributed by atoms with E-state index in [9.17, 15) is 9.59 Å². The average Bonchev–Trinajstić information content (AvgIpc) is 3.42. The second kappa shape index (κ2) is 8.37. The van der Waals surface area contributed by atoms with Crippen molar-refractivity contribution in [3.63, 3.8) is 0 Å². The highest BCUT2D eigenvalue weighted by Crippen LogP contribution is 2.38. The van der Waals surface area contributed by atoms with Crippen molar-refractivity contribution in [3.8, 4) is 0 Å². The minimum atomic E-state index is -0.399. The first-order chi connectivity index (χ1) is 15.1. The van der Waals surface area contributed by atoms with Crippen LogP contribution in [0.2, 0.25) is 0 Å². The molecule has 0 radical (unpaired) electrons. The van der Waals surface area contributed by atoms with Crippen LogP contribution in [0.4, 0.5) is 0 Å². The third-order valence-electron chi connectivity index (χ3n) is 5.71. The van der Waals surface area contributed by atoms with Crippen molar-refractivity contribution < 1.29 is 19.1 Å². The molecular weight excluding hydrogens is 418 g/mol. The van der Waals surface area contributed by atoms with Crippen molar-refractivity contribution in [2.45, 2.75) is 6.10 Å². The lowest BCUT2D eigenvalue weighted by Crippen LogP contribution is -2.44. The van der Waals surface area contributed by atoms with Crippen LogP contribution >= 0.6 is 11.3 Å². The first-order valence-corrected chi connectivity index (χ1v) is 11.1. The molecule has 2 fully saturated rings. The Morgan fingerprint density at radius 2 is 1.87 bits per heavy atom. The molecule has 0 saturated carbocycles. The summed E-state index contributed by atoms with van der Waals surface area (Å²) in [5.74, 6) is -0.119. The van der Waals surface area contributed by atoms with Gasteiger partial charge in [-0.1, -0.05) is 6.07 Å². The molecule has 2 aliphatic rings. The van der Waals surface area contributed by atoms with Crippen LogP contribution in [0.1, 0.15) is 31.8 Å². The number of thiophene rings is 1. The number of fused-ring (bicyclic) bond motifs is 1. The highest BCUT2D eigenvalue weighted by molar-refractivity contribution is 7.20. The summed E-state index contributed by atoms with van der Waals surface area (Å²) in [6.45, 7) is 3.47. The van der Waals surface area contributed by atoms with Crippen molar-refractivity contribution in [2.24, 2.45) is 7.05 Å². The number of ether oxygens (including phenoxy) is 2. The molecule has 0 aliphatic carbocycles. The fourth-order valence-electron chi connectivity index (χ4n) is 4.09. The lowest BCUT2D eigenvalue weighted by molar-refractivity contribution is -0.0228. The number of hydrogen-bond acceptors (Lipinski definition) is 7. The van der Waals surface area contributed by atoms with Gasteiger partial charge in [0.15, 0.2) is 0 Å². The smallest absolute Gasteiger partial charge is 0.272 e. The minimum Gasteiger partial charge on any atom is -0.378 e. The van der Waals surface area contributed by atoms with E-state index in [0.717, 1.165) is 15.8 Å². The zero-order chi connectivity index (χ0) is 21.4.